The Balaban J connectivity index is 1.27. The lowest BCUT2D eigenvalue weighted by Crippen LogP contribution is -2.31. The predicted octanol–water partition coefficient (Wildman–Crippen LogP) is 3.89. The Morgan fingerprint density at radius 1 is 0.972 bits per heavy atom. The van der Waals surface area contributed by atoms with E-state index < -0.39 is 11.9 Å². The minimum absolute atomic E-state index is 0.0606. The van der Waals surface area contributed by atoms with Gasteiger partial charge in [-0.25, -0.2) is 4.90 Å². The van der Waals surface area contributed by atoms with Gasteiger partial charge < -0.3 is 14.4 Å². The maximum absolute atomic E-state index is 13.1. The highest BCUT2D eigenvalue weighted by Crippen LogP contribution is 2.43. The molecule has 3 fully saturated rings. The SMILES string of the molecule is COc1cccc(N2C[C@H](C(=O)Oc3ccc(N4C(=O)[C@H]5C[C@@H](C)CC[C@H]5C4=O)c(C)c3)CC2=O)c1. The fourth-order valence-electron chi connectivity index (χ4n) is 5.66. The average Bonchev–Trinajstić information content (AvgIpc) is 3.37. The van der Waals surface area contributed by atoms with Crippen molar-refractivity contribution in [2.45, 2.75) is 39.5 Å². The van der Waals surface area contributed by atoms with Crippen LogP contribution in [0.3, 0.4) is 0 Å². The molecule has 2 aromatic carbocycles. The number of esters is 1. The molecule has 36 heavy (non-hydrogen) atoms. The Morgan fingerprint density at radius 3 is 2.50 bits per heavy atom. The molecular weight excluding hydrogens is 460 g/mol. The van der Waals surface area contributed by atoms with Gasteiger partial charge in [0.05, 0.1) is 30.6 Å². The van der Waals surface area contributed by atoms with E-state index in [1.54, 1.807) is 61.4 Å². The second kappa shape index (κ2) is 9.41. The van der Waals surface area contributed by atoms with E-state index in [9.17, 15) is 19.2 Å². The summed E-state index contributed by atoms with van der Waals surface area (Å²) in [7, 11) is 1.56. The number of carbonyl (C=O) groups is 4. The Hall–Kier alpha value is -3.68. The van der Waals surface area contributed by atoms with Crippen LogP contribution in [0, 0.1) is 30.6 Å². The molecule has 8 nitrogen and oxygen atoms in total. The zero-order valence-corrected chi connectivity index (χ0v) is 20.7. The number of anilines is 2. The molecule has 2 aliphatic heterocycles. The molecule has 3 amide bonds. The minimum atomic E-state index is -0.601. The molecule has 0 N–H and O–H groups in total. The van der Waals surface area contributed by atoms with Gasteiger partial charge in [-0.3, -0.25) is 19.2 Å². The Bertz CT molecular complexity index is 1240. The van der Waals surface area contributed by atoms with E-state index in [4.69, 9.17) is 9.47 Å². The number of ether oxygens (including phenoxy) is 2. The summed E-state index contributed by atoms with van der Waals surface area (Å²) in [5, 5.41) is 0. The molecule has 1 aliphatic carbocycles. The van der Waals surface area contributed by atoms with Crippen LogP contribution in [-0.2, 0) is 19.2 Å². The number of benzene rings is 2. The van der Waals surface area contributed by atoms with Gasteiger partial charge in [0.15, 0.2) is 0 Å². The lowest BCUT2D eigenvalue weighted by molar-refractivity contribution is -0.139. The number of aryl methyl sites for hydroxylation is 1. The van der Waals surface area contributed by atoms with Gasteiger partial charge in [0, 0.05) is 24.7 Å². The van der Waals surface area contributed by atoms with Crippen LogP contribution in [0.5, 0.6) is 11.5 Å². The van der Waals surface area contributed by atoms with Crippen molar-refractivity contribution >= 4 is 35.1 Å². The lowest BCUT2D eigenvalue weighted by Gasteiger charge is -2.25. The van der Waals surface area contributed by atoms with Crippen LogP contribution in [0.2, 0.25) is 0 Å². The van der Waals surface area contributed by atoms with E-state index in [0.717, 1.165) is 19.3 Å². The number of carbonyl (C=O) groups excluding carboxylic acids is 4. The maximum Gasteiger partial charge on any atom is 0.316 e. The summed E-state index contributed by atoms with van der Waals surface area (Å²) in [6.45, 7) is 4.14. The number of hydrogen-bond acceptors (Lipinski definition) is 6. The summed E-state index contributed by atoms with van der Waals surface area (Å²) in [5.74, 6) is -0.609. The smallest absolute Gasteiger partial charge is 0.316 e. The van der Waals surface area contributed by atoms with Crippen LogP contribution < -0.4 is 19.3 Å². The summed E-state index contributed by atoms with van der Waals surface area (Å²) in [4.78, 5) is 54.5. The summed E-state index contributed by atoms with van der Waals surface area (Å²) in [5.41, 5.74) is 1.88. The van der Waals surface area contributed by atoms with Crippen molar-refractivity contribution in [3.63, 3.8) is 0 Å². The number of methoxy groups -OCH3 is 1. The van der Waals surface area contributed by atoms with Crippen molar-refractivity contribution in [3.05, 3.63) is 48.0 Å². The molecular formula is C28H30N2O6. The fourth-order valence-corrected chi connectivity index (χ4v) is 5.66. The Morgan fingerprint density at radius 2 is 1.75 bits per heavy atom. The van der Waals surface area contributed by atoms with Crippen LogP contribution in [-0.4, -0.2) is 37.3 Å². The standard InChI is InChI=1S/C28H30N2O6/c1-16-7-9-22-23(11-16)27(33)30(26(22)32)24-10-8-21(12-17(24)2)36-28(34)18-13-25(31)29(15-18)19-5-4-6-20(14-19)35-3/h4-6,8,10,12,14,16,18,22-23H,7,9,11,13,15H2,1-3H3/t16-,18+,22+,23-/m0/s1. The van der Waals surface area contributed by atoms with Crippen LogP contribution in [0.4, 0.5) is 11.4 Å². The highest BCUT2D eigenvalue weighted by atomic mass is 16.5. The highest BCUT2D eigenvalue weighted by molar-refractivity contribution is 6.22. The van der Waals surface area contributed by atoms with Crippen molar-refractivity contribution in [1.29, 1.82) is 0 Å². The molecule has 0 unspecified atom stereocenters. The molecule has 8 heteroatoms. The Kier molecular flexibility index (Phi) is 6.28. The van der Waals surface area contributed by atoms with Crippen molar-refractivity contribution in [1.82, 2.24) is 0 Å². The van der Waals surface area contributed by atoms with E-state index in [0.29, 0.717) is 34.4 Å². The molecule has 4 atom stereocenters. The summed E-state index contributed by atoms with van der Waals surface area (Å²) in [6.07, 6.45) is 2.51. The molecule has 0 radical (unpaired) electrons. The molecule has 188 valence electrons. The van der Waals surface area contributed by atoms with E-state index in [1.807, 2.05) is 0 Å². The predicted molar refractivity (Wildman–Crippen MR) is 133 cm³/mol. The minimum Gasteiger partial charge on any atom is -0.497 e. The first-order chi connectivity index (χ1) is 17.3. The first kappa shape index (κ1) is 24.0. The molecule has 0 aromatic heterocycles. The van der Waals surface area contributed by atoms with Gasteiger partial charge in [0.25, 0.3) is 0 Å². The third-order valence-electron chi connectivity index (χ3n) is 7.64. The van der Waals surface area contributed by atoms with Gasteiger partial charge >= 0.3 is 5.97 Å². The number of hydrogen-bond donors (Lipinski definition) is 0. The number of nitrogens with zero attached hydrogens (tertiary/aromatic N) is 2. The van der Waals surface area contributed by atoms with Crippen molar-refractivity contribution in [2.75, 3.05) is 23.5 Å². The van der Waals surface area contributed by atoms with Crippen LogP contribution in [0.1, 0.15) is 38.2 Å². The van der Waals surface area contributed by atoms with Crippen LogP contribution in [0.15, 0.2) is 42.5 Å². The van der Waals surface area contributed by atoms with Crippen molar-refractivity contribution in [3.8, 4) is 11.5 Å². The number of amides is 3. The quantitative estimate of drug-likeness (QED) is 0.359. The first-order valence-corrected chi connectivity index (χ1v) is 12.4. The number of fused-ring (bicyclic) bond motifs is 1. The summed E-state index contributed by atoms with van der Waals surface area (Å²) in [6, 6.07) is 12.1. The third kappa shape index (κ3) is 4.25. The number of imide groups is 1. The average molecular weight is 491 g/mol. The lowest BCUT2D eigenvalue weighted by atomic mass is 9.76. The molecule has 2 heterocycles. The van der Waals surface area contributed by atoms with Crippen molar-refractivity contribution < 1.29 is 28.7 Å². The molecule has 5 rings (SSSR count). The molecule has 0 bridgehead atoms. The molecule has 2 saturated heterocycles. The van der Waals surface area contributed by atoms with E-state index in [1.165, 1.54) is 4.90 Å². The third-order valence-corrected chi connectivity index (χ3v) is 7.64. The zero-order chi connectivity index (χ0) is 25.6. The zero-order valence-electron chi connectivity index (χ0n) is 20.7. The van der Waals surface area contributed by atoms with Gasteiger partial charge in [-0.15, -0.1) is 0 Å². The highest BCUT2D eigenvalue weighted by Gasteiger charge is 2.50. The Labute approximate surface area is 210 Å². The van der Waals surface area contributed by atoms with Crippen LogP contribution >= 0.6 is 0 Å². The second-order valence-electron chi connectivity index (χ2n) is 10.1. The molecule has 2 aromatic rings. The maximum atomic E-state index is 13.1. The normalized spacial score (nSPS) is 25.8. The van der Waals surface area contributed by atoms with Gasteiger partial charge in [0.2, 0.25) is 17.7 Å². The second-order valence-corrected chi connectivity index (χ2v) is 10.1. The van der Waals surface area contributed by atoms with E-state index >= 15 is 0 Å². The molecule has 0 spiro atoms. The van der Waals surface area contributed by atoms with Gasteiger partial charge in [-0.2, -0.15) is 0 Å². The van der Waals surface area contributed by atoms with Crippen molar-refractivity contribution in [2.24, 2.45) is 23.7 Å². The van der Waals surface area contributed by atoms with Crippen LogP contribution in [0.25, 0.3) is 0 Å². The number of rotatable bonds is 5. The van der Waals surface area contributed by atoms with Gasteiger partial charge in [-0.05, 0) is 68.0 Å². The topological polar surface area (TPSA) is 93.2 Å². The summed E-state index contributed by atoms with van der Waals surface area (Å²) < 4.78 is 10.8. The van der Waals surface area contributed by atoms with Gasteiger partial charge in [-0.1, -0.05) is 13.0 Å². The fraction of sp³-hybridized carbons (Fsp3) is 0.429. The van der Waals surface area contributed by atoms with E-state index in [2.05, 4.69) is 6.92 Å². The monoisotopic (exact) mass is 490 g/mol. The van der Waals surface area contributed by atoms with E-state index in [-0.39, 0.29) is 42.5 Å². The molecule has 3 aliphatic rings. The largest absolute Gasteiger partial charge is 0.497 e. The molecule has 1 saturated carbocycles. The summed E-state index contributed by atoms with van der Waals surface area (Å²) >= 11 is 0. The van der Waals surface area contributed by atoms with Gasteiger partial charge in [0.1, 0.15) is 11.5 Å². The first-order valence-electron chi connectivity index (χ1n) is 12.4.